The third kappa shape index (κ3) is 4.58. The second kappa shape index (κ2) is 9.45. The third-order valence-corrected chi connectivity index (χ3v) is 7.97. The maximum Gasteiger partial charge on any atom is 0.340 e. The Hall–Kier alpha value is -2.66. The number of benzene rings is 1. The van der Waals surface area contributed by atoms with Crippen molar-refractivity contribution < 1.29 is 27.5 Å². The van der Waals surface area contributed by atoms with Gasteiger partial charge in [0.25, 0.3) is 5.91 Å². The van der Waals surface area contributed by atoms with E-state index in [9.17, 15) is 22.8 Å². The van der Waals surface area contributed by atoms with Crippen molar-refractivity contribution in [1.29, 1.82) is 0 Å². The minimum Gasteiger partial charge on any atom is -0.452 e. The summed E-state index contributed by atoms with van der Waals surface area (Å²) in [6.07, 6.45) is 4.58. The highest BCUT2D eigenvalue weighted by Crippen LogP contribution is 2.30. The van der Waals surface area contributed by atoms with Crippen molar-refractivity contribution in [3.8, 4) is 0 Å². The number of anilines is 1. The van der Waals surface area contributed by atoms with E-state index in [1.54, 1.807) is 6.07 Å². The van der Waals surface area contributed by atoms with Crippen LogP contribution in [0.1, 0.15) is 42.5 Å². The fraction of sp³-hybridized carbons (Fsp3) is 0.571. The van der Waals surface area contributed by atoms with E-state index in [0.717, 1.165) is 50.1 Å². The number of amides is 3. The van der Waals surface area contributed by atoms with Gasteiger partial charge in [0.15, 0.2) is 6.61 Å². The zero-order valence-corrected chi connectivity index (χ0v) is 18.7. The number of carbonyl (C=O) groups excluding carboxylic acids is 3. The van der Waals surface area contributed by atoms with Gasteiger partial charge in [0, 0.05) is 39.3 Å². The number of hydrogen-bond donors (Lipinski definition) is 1. The number of rotatable bonds is 6. The Kier molecular flexibility index (Phi) is 6.66. The maximum atomic E-state index is 13.1. The van der Waals surface area contributed by atoms with Crippen LogP contribution in [0.15, 0.2) is 23.1 Å². The van der Waals surface area contributed by atoms with Gasteiger partial charge in [-0.3, -0.25) is 9.69 Å². The van der Waals surface area contributed by atoms with Crippen molar-refractivity contribution >= 4 is 33.6 Å². The summed E-state index contributed by atoms with van der Waals surface area (Å²) in [5, 5.41) is 2.52. The molecule has 0 atom stereocenters. The van der Waals surface area contributed by atoms with Crippen LogP contribution in [0, 0.1) is 0 Å². The summed E-state index contributed by atoms with van der Waals surface area (Å²) in [6.45, 7) is 2.42. The van der Waals surface area contributed by atoms with E-state index >= 15 is 0 Å². The molecule has 0 aromatic heterocycles. The van der Waals surface area contributed by atoms with Crippen molar-refractivity contribution in [3.05, 3.63) is 23.8 Å². The summed E-state index contributed by atoms with van der Waals surface area (Å²) in [5.41, 5.74) is 0.708. The number of sulfonamides is 1. The van der Waals surface area contributed by atoms with Crippen LogP contribution >= 0.6 is 0 Å². The minimum atomic E-state index is -3.73. The molecule has 4 rings (SSSR count). The summed E-state index contributed by atoms with van der Waals surface area (Å²) in [6, 6.07) is 4.02. The fourth-order valence-corrected chi connectivity index (χ4v) is 5.86. The molecule has 1 N–H and O–H groups in total. The van der Waals surface area contributed by atoms with Gasteiger partial charge in [0.1, 0.15) is 0 Å². The van der Waals surface area contributed by atoms with Crippen LogP contribution in [0.2, 0.25) is 0 Å². The lowest BCUT2D eigenvalue weighted by molar-refractivity contribution is -0.130. The van der Waals surface area contributed by atoms with E-state index in [4.69, 9.17) is 4.74 Å². The van der Waals surface area contributed by atoms with Gasteiger partial charge in [-0.2, -0.15) is 4.31 Å². The van der Waals surface area contributed by atoms with Crippen LogP contribution in [0.3, 0.4) is 0 Å². The molecule has 174 valence electrons. The molecule has 10 nitrogen and oxygen atoms in total. The van der Waals surface area contributed by atoms with Gasteiger partial charge < -0.3 is 15.0 Å². The average molecular weight is 465 g/mol. The lowest BCUT2D eigenvalue weighted by Gasteiger charge is -2.27. The van der Waals surface area contributed by atoms with E-state index in [0.29, 0.717) is 25.3 Å². The Balaban J connectivity index is 1.57. The second-order valence-electron chi connectivity index (χ2n) is 8.19. The smallest absolute Gasteiger partial charge is 0.340 e. The van der Waals surface area contributed by atoms with E-state index in [1.807, 2.05) is 4.90 Å². The summed E-state index contributed by atoms with van der Waals surface area (Å²) in [4.78, 5) is 39.9. The molecule has 0 radical (unpaired) electrons. The van der Waals surface area contributed by atoms with Crippen LogP contribution in [-0.2, 0) is 19.6 Å². The predicted octanol–water partition coefficient (Wildman–Crippen LogP) is 1.17. The molecule has 11 heteroatoms. The number of ether oxygens (including phenoxy) is 1. The lowest BCUT2D eigenvalue weighted by atomic mass is 10.1. The Morgan fingerprint density at radius 2 is 1.66 bits per heavy atom. The fourth-order valence-electron chi connectivity index (χ4n) is 4.32. The highest BCUT2D eigenvalue weighted by molar-refractivity contribution is 7.89. The normalized spacial score (nSPS) is 19.8. The quantitative estimate of drug-likeness (QED) is 0.628. The molecule has 0 unspecified atom stereocenters. The molecule has 0 bridgehead atoms. The third-order valence-electron chi connectivity index (χ3n) is 6.07. The molecule has 0 aliphatic carbocycles. The van der Waals surface area contributed by atoms with Crippen molar-refractivity contribution in [3.63, 3.8) is 0 Å². The maximum absolute atomic E-state index is 13.1. The van der Waals surface area contributed by atoms with Crippen molar-refractivity contribution in [2.75, 3.05) is 50.8 Å². The SMILES string of the molecule is O=C(OCC(=O)N1CCNC1=O)c1cc(S(=O)(=O)N2CCCCC2)ccc1N1CCCC1. The Morgan fingerprint density at radius 1 is 0.969 bits per heavy atom. The van der Waals surface area contributed by atoms with Gasteiger partial charge in [0.2, 0.25) is 10.0 Å². The summed E-state index contributed by atoms with van der Waals surface area (Å²) < 4.78 is 32.9. The lowest BCUT2D eigenvalue weighted by Crippen LogP contribution is -2.37. The van der Waals surface area contributed by atoms with Crippen LogP contribution < -0.4 is 10.2 Å². The molecule has 3 fully saturated rings. The van der Waals surface area contributed by atoms with Crippen molar-refractivity contribution in [2.24, 2.45) is 0 Å². The van der Waals surface area contributed by atoms with Gasteiger partial charge in [-0.05, 0) is 43.9 Å². The minimum absolute atomic E-state index is 0.0412. The number of hydrogen-bond acceptors (Lipinski definition) is 7. The van der Waals surface area contributed by atoms with Crippen molar-refractivity contribution in [2.45, 2.75) is 37.0 Å². The highest BCUT2D eigenvalue weighted by atomic mass is 32.2. The highest BCUT2D eigenvalue weighted by Gasteiger charge is 2.30. The number of urea groups is 1. The molecule has 3 aliphatic rings. The van der Waals surface area contributed by atoms with Crippen LogP contribution in [0.5, 0.6) is 0 Å². The molecule has 3 amide bonds. The molecular weight excluding hydrogens is 436 g/mol. The summed E-state index contributed by atoms with van der Waals surface area (Å²) in [7, 11) is -3.73. The molecule has 1 aromatic carbocycles. The predicted molar refractivity (Wildman–Crippen MR) is 116 cm³/mol. The van der Waals surface area contributed by atoms with E-state index in [2.05, 4.69) is 5.32 Å². The van der Waals surface area contributed by atoms with Crippen LogP contribution in [-0.4, -0.2) is 81.4 Å². The van der Waals surface area contributed by atoms with Crippen LogP contribution in [0.4, 0.5) is 10.5 Å². The standard InChI is InChI=1S/C21H28N4O6S/c26-19(25-13-8-22-21(25)28)15-31-20(27)17-14-16(6-7-18(17)23-9-4-5-10-23)32(29,30)24-11-2-1-3-12-24/h6-7,14H,1-5,8-13,15H2,(H,22,28). The Bertz CT molecular complexity index is 1000. The number of piperidine rings is 1. The molecule has 32 heavy (non-hydrogen) atoms. The van der Waals surface area contributed by atoms with E-state index in [1.165, 1.54) is 16.4 Å². The van der Waals surface area contributed by atoms with Gasteiger partial charge >= 0.3 is 12.0 Å². The molecular formula is C21H28N4O6S. The molecule has 3 aliphatic heterocycles. The van der Waals surface area contributed by atoms with Gasteiger partial charge in [-0.15, -0.1) is 0 Å². The number of nitrogens with one attached hydrogen (secondary N) is 1. The first kappa shape index (κ1) is 22.5. The first-order chi connectivity index (χ1) is 15.4. The topological polar surface area (TPSA) is 116 Å². The molecule has 3 heterocycles. The van der Waals surface area contributed by atoms with E-state index in [-0.39, 0.29) is 17.0 Å². The largest absolute Gasteiger partial charge is 0.452 e. The number of carbonyl (C=O) groups is 3. The van der Waals surface area contributed by atoms with Crippen LogP contribution in [0.25, 0.3) is 0 Å². The summed E-state index contributed by atoms with van der Waals surface area (Å²) in [5.74, 6) is -1.40. The van der Waals surface area contributed by atoms with E-state index < -0.39 is 34.5 Å². The van der Waals surface area contributed by atoms with Crippen molar-refractivity contribution in [1.82, 2.24) is 14.5 Å². The molecule has 0 saturated carbocycles. The first-order valence-corrected chi connectivity index (χ1v) is 12.5. The molecule has 0 spiro atoms. The molecule has 3 saturated heterocycles. The Morgan fingerprint density at radius 3 is 2.31 bits per heavy atom. The Labute approximate surface area is 187 Å². The number of imide groups is 1. The van der Waals surface area contributed by atoms with Gasteiger partial charge in [-0.1, -0.05) is 6.42 Å². The number of esters is 1. The second-order valence-corrected chi connectivity index (χ2v) is 10.1. The van der Waals surface area contributed by atoms with Gasteiger partial charge in [0.05, 0.1) is 16.1 Å². The molecule has 1 aromatic rings. The monoisotopic (exact) mass is 464 g/mol. The zero-order chi connectivity index (χ0) is 22.7. The van der Waals surface area contributed by atoms with Gasteiger partial charge in [-0.25, -0.2) is 18.0 Å². The zero-order valence-electron chi connectivity index (χ0n) is 17.9. The number of nitrogens with zero attached hydrogens (tertiary/aromatic N) is 3. The average Bonchev–Trinajstić information content (AvgIpc) is 3.49. The first-order valence-electron chi connectivity index (χ1n) is 11.0. The summed E-state index contributed by atoms with van der Waals surface area (Å²) >= 11 is 0.